The second-order valence-corrected chi connectivity index (χ2v) is 11.2. The number of halogens is 2. The monoisotopic (exact) mass is 374 g/mol. The van der Waals surface area contributed by atoms with Crippen LogP contribution < -0.4 is 0 Å². The average Bonchev–Trinajstić information content (AvgIpc) is 2.65. The molecule has 2 heteroatoms. The van der Waals surface area contributed by atoms with Gasteiger partial charge in [0.15, 0.2) is 0 Å². The third-order valence-electron chi connectivity index (χ3n) is 6.41. The van der Waals surface area contributed by atoms with Gasteiger partial charge in [-0.25, -0.2) is 0 Å². The van der Waals surface area contributed by atoms with Gasteiger partial charge in [0.1, 0.15) is 0 Å². The molecule has 102 valence electrons. The quantitative estimate of drug-likeness (QED) is 0.357. The lowest BCUT2D eigenvalue weighted by Crippen LogP contribution is -2.35. The lowest BCUT2D eigenvalue weighted by molar-refractivity contribution is 0.128. The Morgan fingerprint density at radius 3 is 2.44 bits per heavy atom. The Hall–Kier alpha value is 0.700. The molecule has 0 aromatic carbocycles. The van der Waals surface area contributed by atoms with Crippen LogP contribution in [0, 0.1) is 22.2 Å². The molecule has 3 aliphatic carbocycles. The summed E-state index contributed by atoms with van der Waals surface area (Å²) in [6, 6.07) is 0. The first-order chi connectivity index (χ1) is 8.19. The molecule has 2 saturated carbocycles. The van der Waals surface area contributed by atoms with Crippen LogP contribution in [0.5, 0.6) is 0 Å². The molecule has 0 N–H and O–H groups in total. The molecule has 0 amide bonds. The number of hydrogen-bond donors (Lipinski definition) is 0. The number of allylic oxidation sites excluding steroid dienone is 2. The maximum absolute atomic E-state index is 4.06. The van der Waals surface area contributed by atoms with Crippen LogP contribution in [0.3, 0.4) is 0 Å². The van der Waals surface area contributed by atoms with Crippen molar-refractivity contribution in [1.82, 2.24) is 0 Å². The lowest BCUT2D eigenvalue weighted by atomic mass is 9.63. The largest absolute Gasteiger partial charge is 0.0932 e. The van der Waals surface area contributed by atoms with E-state index in [-0.39, 0.29) is 3.23 Å². The molecule has 3 rings (SSSR count). The zero-order valence-corrected chi connectivity index (χ0v) is 15.1. The van der Waals surface area contributed by atoms with Crippen molar-refractivity contribution in [1.29, 1.82) is 0 Å². The summed E-state index contributed by atoms with van der Waals surface area (Å²) in [6.45, 7) is 9.78. The third-order valence-corrected chi connectivity index (χ3v) is 9.58. The number of rotatable bonds is 0. The highest BCUT2D eigenvalue weighted by Gasteiger charge is 2.85. The molecule has 0 radical (unpaired) electrons. The first-order valence-corrected chi connectivity index (χ1v) is 8.83. The molecular weight excluding hydrogens is 352 g/mol. The van der Waals surface area contributed by atoms with Gasteiger partial charge in [-0.3, -0.25) is 0 Å². The number of alkyl halides is 2. The summed E-state index contributed by atoms with van der Waals surface area (Å²) in [5.74, 6) is 0.713. The Bertz CT molecular complexity index is 421. The molecule has 0 bridgehead atoms. The van der Waals surface area contributed by atoms with E-state index in [0.717, 1.165) is 0 Å². The van der Waals surface area contributed by atoms with E-state index in [9.17, 15) is 0 Å². The molecule has 0 nitrogen and oxygen atoms in total. The van der Waals surface area contributed by atoms with E-state index in [1.54, 1.807) is 5.57 Å². The molecule has 0 aromatic rings. The van der Waals surface area contributed by atoms with Gasteiger partial charge >= 0.3 is 0 Å². The minimum absolute atomic E-state index is 0.166. The fraction of sp³-hybridized carbons (Fsp3) is 0.875. The Labute approximate surface area is 128 Å². The summed E-state index contributed by atoms with van der Waals surface area (Å²) >= 11 is 8.12. The fourth-order valence-electron chi connectivity index (χ4n) is 5.15. The molecule has 0 aromatic heterocycles. The van der Waals surface area contributed by atoms with Gasteiger partial charge in [0, 0.05) is 10.8 Å². The molecule has 0 saturated heterocycles. The Balaban J connectivity index is 2.15. The van der Waals surface area contributed by atoms with Crippen molar-refractivity contribution in [2.45, 2.75) is 63.0 Å². The molecule has 18 heavy (non-hydrogen) atoms. The predicted octanol–water partition coefficient (Wildman–Crippen LogP) is 6.05. The van der Waals surface area contributed by atoms with Crippen LogP contribution in [0.25, 0.3) is 0 Å². The van der Waals surface area contributed by atoms with Crippen LogP contribution in [-0.2, 0) is 0 Å². The fourth-order valence-corrected chi connectivity index (χ4v) is 7.82. The van der Waals surface area contributed by atoms with Crippen LogP contribution >= 0.6 is 31.9 Å². The summed E-state index contributed by atoms with van der Waals surface area (Å²) in [5.41, 5.74) is 2.89. The molecule has 1 spiro atoms. The van der Waals surface area contributed by atoms with Crippen molar-refractivity contribution < 1.29 is 0 Å². The van der Waals surface area contributed by atoms with Gasteiger partial charge in [-0.1, -0.05) is 70.7 Å². The average molecular weight is 376 g/mol. The Morgan fingerprint density at radius 2 is 1.78 bits per heavy atom. The molecule has 2 fully saturated rings. The zero-order chi connectivity index (χ0) is 13.4. The first-order valence-electron chi connectivity index (χ1n) is 7.24. The number of hydrogen-bond acceptors (Lipinski definition) is 0. The molecule has 0 aliphatic heterocycles. The van der Waals surface area contributed by atoms with Crippen LogP contribution in [0.15, 0.2) is 11.6 Å². The topological polar surface area (TPSA) is 0 Å². The Kier molecular flexibility index (Phi) is 2.78. The third kappa shape index (κ3) is 1.33. The van der Waals surface area contributed by atoms with Crippen molar-refractivity contribution >= 4 is 31.9 Å². The second kappa shape index (κ2) is 3.67. The van der Waals surface area contributed by atoms with Crippen molar-refractivity contribution in [2.75, 3.05) is 0 Å². The zero-order valence-electron chi connectivity index (χ0n) is 11.9. The van der Waals surface area contributed by atoms with E-state index in [1.165, 1.54) is 32.1 Å². The molecule has 0 heterocycles. The SMILES string of the molecule is CC1=C[C@@H]2C(C)(C)CCC[C@@]3(C)C(Br)(Br)[C@@]23CC1. The van der Waals surface area contributed by atoms with Gasteiger partial charge in [-0.05, 0) is 43.9 Å². The van der Waals surface area contributed by atoms with Gasteiger partial charge in [-0.15, -0.1) is 0 Å². The van der Waals surface area contributed by atoms with Crippen LogP contribution in [-0.4, -0.2) is 3.23 Å². The highest BCUT2D eigenvalue weighted by molar-refractivity contribution is 9.25. The van der Waals surface area contributed by atoms with Crippen LogP contribution in [0.2, 0.25) is 0 Å². The van der Waals surface area contributed by atoms with Gasteiger partial charge in [0.25, 0.3) is 0 Å². The van der Waals surface area contributed by atoms with E-state index in [1.807, 2.05) is 0 Å². The Morgan fingerprint density at radius 1 is 1.11 bits per heavy atom. The molecule has 3 atom stereocenters. The minimum Gasteiger partial charge on any atom is -0.0813 e. The molecular formula is C16H24Br2. The maximum Gasteiger partial charge on any atom is 0.0932 e. The minimum atomic E-state index is 0.166. The van der Waals surface area contributed by atoms with E-state index in [2.05, 4.69) is 65.6 Å². The summed E-state index contributed by atoms with van der Waals surface area (Å²) in [6.07, 6.45) is 9.33. The molecule has 3 aliphatic rings. The van der Waals surface area contributed by atoms with Crippen molar-refractivity contribution in [2.24, 2.45) is 22.2 Å². The van der Waals surface area contributed by atoms with Gasteiger partial charge in [0.2, 0.25) is 0 Å². The smallest absolute Gasteiger partial charge is 0.0813 e. The van der Waals surface area contributed by atoms with Crippen molar-refractivity contribution in [3.8, 4) is 0 Å². The highest BCUT2D eigenvalue weighted by Crippen LogP contribution is 2.88. The summed E-state index contributed by atoms with van der Waals surface area (Å²) in [4.78, 5) is 0. The van der Waals surface area contributed by atoms with Crippen LogP contribution in [0.4, 0.5) is 0 Å². The summed E-state index contributed by atoms with van der Waals surface area (Å²) in [7, 11) is 0. The van der Waals surface area contributed by atoms with E-state index in [0.29, 0.717) is 22.2 Å². The van der Waals surface area contributed by atoms with Crippen molar-refractivity contribution in [3.05, 3.63) is 11.6 Å². The van der Waals surface area contributed by atoms with E-state index in [4.69, 9.17) is 0 Å². The highest BCUT2D eigenvalue weighted by atomic mass is 79.9. The van der Waals surface area contributed by atoms with Crippen LogP contribution in [0.1, 0.15) is 59.8 Å². The normalized spacial score (nSPS) is 48.6. The van der Waals surface area contributed by atoms with Gasteiger partial charge in [-0.2, -0.15) is 0 Å². The predicted molar refractivity (Wildman–Crippen MR) is 85.2 cm³/mol. The maximum atomic E-state index is 4.06. The first kappa shape index (κ1) is 13.7. The van der Waals surface area contributed by atoms with Gasteiger partial charge in [0.05, 0.1) is 3.23 Å². The van der Waals surface area contributed by atoms with Crippen molar-refractivity contribution in [3.63, 3.8) is 0 Å². The second-order valence-electron chi connectivity index (χ2n) is 7.71. The van der Waals surface area contributed by atoms with Gasteiger partial charge < -0.3 is 0 Å². The standard InChI is InChI=1S/C16H24Br2/c1-11-6-9-15-12(10-11)13(2,3)7-5-8-14(15,4)16(15,17)18/h10,12H,5-9H2,1-4H3/t12-,14-,15+/m1/s1. The summed E-state index contributed by atoms with van der Waals surface area (Å²) < 4.78 is 0.166. The summed E-state index contributed by atoms with van der Waals surface area (Å²) in [5, 5.41) is 0. The lowest BCUT2D eigenvalue weighted by Gasteiger charge is -2.42. The van der Waals surface area contributed by atoms with E-state index >= 15 is 0 Å². The molecule has 0 unspecified atom stereocenters. The van der Waals surface area contributed by atoms with E-state index < -0.39 is 0 Å².